The fraction of sp³-hybridized carbons (Fsp3) is 0.190. The lowest BCUT2D eigenvalue weighted by Crippen LogP contribution is -2.14. The Balaban J connectivity index is 1.74. The summed E-state index contributed by atoms with van der Waals surface area (Å²) in [6.07, 6.45) is 1.75. The van der Waals surface area contributed by atoms with Gasteiger partial charge in [-0.15, -0.1) is 16.8 Å². The van der Waals surface area contributed by atoms with E-state index in [9.17, 15) is 4.79 Å². The average molecular weight is 447 g/mol. The highest BCUT2D eigenvalue weighted by Crippen LogP contribution is 2.29. The van der Waals surface area contributed by atoms with E-state index < -0.39 is 0 Å². The first-order valence-corrected chi connectivity index (χ1v) is 10.6. The number of hydrogen-bond donors (Lipinski definition) is 1. The molecule has 0 unspecified atom stereocenters. The van der Waals surface area contributed by atoms with Gasteiger partial charge in [0.2, 0.25) is 5.91 Å². The molecule has 1 amide bonds. The number of carbonyl (C=O) groups is 1. The van der Waals surface area contributed by atoms with Crippen LogP contribution in [0.25, 0.3) is 11.4 Å². The van der Waals surface area contributed by atoms with E-state index in [1.807, 2.05) is 42.7 Å². The molecule has 0 saturated heterocycles. The van der Waals surface area contributed by atoms with Crippen LogP contribution in [-0.2, 0) is 11.3 Å². The second-order valence-corrected chi connectivity index (χ2v) is 8.23. The summed E-state index contributed by atoms with van der Waals surface area (Å²) in [5, 5.41) is 13.0. The summed E-state index contributed by atoms with van der Waals surface area (Å²) in [7, 11) is 0. The van der Waals surface area contributed by atoms with E-state index in [1.165, 1.54) is 17.3 Å². The summed E-state index contributed by atoms with van der Waals surface area (Å²) in [6, 6.07) is 11.1. The molecular weight excluding hydrogens is 427 g/mol. The number of allylic oxidation sites excluding steroid dienone is 1. The maximum atomic E-state index is 12.4. The molecule has 0 aliphatic heterocycles. The van der Waals surface area contributed by atoms with Crippen LogP contribution in [0.2, 0.25) is 10.0 Å². The van der Waals surface area contributed by atoms with Gasteiger partial charge in [-0.2, -0.15) is 0 Å². The van der Waals surface area contributed by atoms with E-state index >= 15 is 0 Å². The van der Waals surface area contributed by atoms with Crippen LogP contribution in [0.1, 0.15) is 11.1 Å². The number of rotatable bonds is 7. The summed E-state index contributed by atoms with van der Waals surface area (Å²) in [4.78, 5) is 12.4. The molecule has 0 spiro atoms. The molecule has 0 atom stereocenters. The number of nitrogens with zero attached hydrogens (tertiary/aromatic N) is 3. The molecule has 5 nitrogen and oxygen atoms in total. The lowest BCUT2D eigenvalue weighted by molar-refractivity contribution is -0.113. The van der Waals surface area contributed by atoms with Crippen molar-refractivity contribution in [3.05, 3.63) is 70.2 Å². The number of hydrogen-bond acceptors (Lipinski definition) is 4. The molecule has 1 heterocycles. The molecule has 1 N–H and O–H groups in total. The predicted molar refractivity (Wildman–Crippen MR) is 121 cm³/mol. The van der Waals surface area contributed by atoms with E-state index in [0.29, 0.717) is 27.6 Å². The minimum absolute atomic E-state index is 0.109. The zero-order valence-electron chi connectivity index (χ0n) is 16.1. The van der Waals surface area contributed by atoms with E-state index in [-0.39, 0.29) is 11.7 Å². The molecule has 0 aliphatic rings. The van der Waals surface area contributed by atoms with Crippen molar-refractivity contribution in [2.24, 2.45) is 0 Å². The third-order valence-corrected chi connectivity index (χ3v) is 6.04. The molecule has 0 bridgehead atoms. The van der Waals surface area contributed by atoms with Crippen molar-refractivity contribution < 1.29 is 4.79 Å². The van der Waals surface area contributed by atoms with Crippen LogP contribution in [0.4, 0.5) is 5.69 Å². The molecular formula is C21H20Cl2N4OS. The summed E-state index contributed by atoms with van der Waals surface area (Å²) >= 11 is 13.5. The summed E-state index contributed by atoms with van der Waals surface area (Å²) in [6.45, 7) is 8.35. The van der Waals surface area contributed by atoms with E-state index in [1.54, 1.807) is 18.2 Å². The fourth-order valence-corrected chi connectivity index (χ4v) is 3.73. The number of benzene rings is 2. The molecule has 1 aromatic heterocycles. The van der Waals surface area contributed by atoms with Gasteiger partial charge in [0.1, 0.15) is 0 Å². The van der Waals surface area contributed by atoms with Crippen molar-refractivity contribution in [3.8, 4) is 11.4 Å². The smallest absolute Gasteiger partial charge is 0.234 e. The average Bonchev–Trinajstić information content (AvgIpc) is 3.08. The Morgan fingerprint density at radius 1 is 1.14 bits per heavy atom. The molecule has 29 heavy (non-hydrogen) atoms. The van der Waals surface area contributed by atoms with Crippen LogP contribution in [0.5, 0.6) is 0 Å². The quantitative estimate of drug-likeness (QED) is 0.368. The van der Waals surface area contributed by atoms with E-state index in [0.717, 1.165) is 16.8 Å². The van der Waals surface area contributed by atoms with Crippen LogP contribution < -0.4 is 5.32 Å². The Bertz CT molecular complexity index is 1060. The third kappa shape index (κ3) is 5.21. The molecule has 8 heteroatoms. The van der Waals surface area contributed by atoms with Gasteiger partial charge in [-0.05, 0) is 55.3 Å². The SMILES string of the molecule is C=CCn1c(SCC(=O)Nc2ccc(C)c(C)c2)nnc1-c1ccc(Cl)c(Cl)c1. The Morgan fingerprint density at radius 3 is 2.62 bits per heavy atom. The maximum absolute atomic E-state index is 12.4. The topological polar surface area (TPSA) is 59.8 Å². The number of carbonyl (C=O) groups excluding carboxylic acids is 1. The molecule has 0 fully saturated rings. The molecule has 150 valence electrons. The Labute approximate surface area is 184 Å². The summed E-state index contributed by atoms with van der Waals surface area (Å²) < 4.78 is 1.89. The van der Waals surface area contributed by atoms with E-state index in [4.69, 9.17) is 23.2 Å². The Kier molecular flexibility index (Phi) is 7.00. The van der Waals surface area contributed by atoms with Crippen molar-refractivity contribution >= 4 is 46.6 Å². The number of thioether (sulfide) groups is 1. The molecule has 0 radical (unpaired) electrons. The van der Waals surface area contributed by atoms with Crippen LogP contribution in [0.15, 0.2) is 54.2 Å². The van der Waals surface area contributed by atoms with E-state index in [2.05, 4.69) is 22.1 Å². The molecule has 0 aliphatic carbocycles. The first kappa shape index (κ1) is 21.4. The van der Waals surface area contributed by atoms with Gasteiger partial charge in [-0.1, -0.05) is 47.1 Å². The van der Waals surface area contributed by atoms with Crippen molar-refractivity contribution in [2.75, 3.05) is 11.1 Å². The van der Waals surface area contributed by atoms with Gasteiger partial charge >= 0.3 is 0 Å². The van der Waals surface area contributed by atoms with Gasteiger partial charge in [0.05, 0.1) is 15.8 Å². The normalized spacial score (nSPS) is 10.8. The standard InChI is InChI=1S/C21H20Cl2N4OS/c1-4-9-27-20(15-6-8-17(22)18(23)11-15)25-26-21(27)29-12-19(28)24-16-7-5-13(2)14(3)10-16/h4-8,10-11H,1,9,12H2,2-3H3,(H,24,28). The number of nitrogens with one attached hydrogen (secondary N) is 1. The number of amides is 1. The molecule has 3 aromatic rings. The van der Waals surface area contributed by atoms with Crippen molar-refractivity contribution in [1.29, 1.82) is 0 Å². The Hall–Kier alpha value is -2.28. The van der Waals surface area contributed by atoms with Gasteiger partial charge in [-0.3, -0.25) is 9.36 Å². The molecule has 0 saturated carbocycles. The van der Waals surface area contributed by atoms with Crippen LogP contribution in [-0.4, -0.2) is 26.4 Å². The highest BCUT2D eigenvalue weighted by molar-refractivity contribution is 7.99. The van der Waals surface area contributed by atoms with Gasteiger partial charge < -0.3 is 5.32 Å². The Morgan fingerprint density at radius 2 is 1.93 bits per heavy atom. The highest BCUT2D eigenvalue weighted by Gasteiger charge is 2.16. The minimum atomic E-state index is -0.109. The largest absolute Gasteiger partial charge is 0.325 e. The molecule has 2 aromatic carbocycles. The van der Waals surface area contributed by atoms with Crippen LogP contribution in [0, 0.1) is 13.8 Å². The van der Waals surface area contributed by atoms with Crippen LogP contribution in [0.3, 0.4) is 0 Å². The molecule has 3 rings (SSSR count). The lowest BCUT2D eigenvalue weighted by atomic mass is 10.1. The third-order valence-electron chi connectivity index (χ3n) is 4.33. The highest BCUT2D eigenvalue weighted by atomic mass is 35.5. The maximum Gasteiger partial charge on any atom is 0.234 e. The monoisotopic (exact) mass is 446 g/mol. The van der Waals surface area contributed by atoms with Crippen LogP contribution >= 0.6 is 35.0 Å². The number of aryl methyl sites for hydroxylation is 2. The zero-order valence-corrected chi connectivity index (χ0v) is 18.4. The van der Waals surface area contributed by atoms with Gasteiger partial charge in [0.25, 0.3) is 0 Å². The van der Waals surface area contributed by atoms with Gasteiger partial charge in [-0.25, -0.2) is 0 Å². The summed E-state index contributed by atoms with van der Waals surface area (Å²) in [5.41, 5.74) is 3.89. The predicted octanol–water partition coefficient (Wildman–Crippen LogP) is 5.79. The van der Waals surface area contributed by atoms with Gasteiger partial charge in [0.15, 0.2) is 11.0 Å². The second-order valence-electron chi connectivity index (χ2n) is 6.47. The second kappa shape index (κ2) is 9.48. The zero-order chi connectivity index (χ0) is 21.0. The number of aromatic nitrogens is 3. The van der Waals surface area contributed by atoms with Gasteiger partial charge in [0, 0.05) is 17.8 Å². The van der Waals surface area contributed by atoms with Crippen molar-refractivity contribution in [3.63, 3.8) is 0 Å². The summed E-state index contributed by atoms with van der Waals surface area (Å²) in [5.74, 6) is 0.742. The first-order valence-electron chi connectivity index (χ1n) is 8.88. The lowest BCUT2D eigenvalue weighted by Gasteiger charge is -2.09. The number of anilines is 1. The number of halogens is 2. The minimum Gasteiger partial charge on any atom is -0.325 e. The fourth-order valence-electron chi connectivity index (χ4n) is 2.68. The van der Waals surface area contributed by atoms with Crippen molar-refractivity contribution in [1.82, 2.24) is 14.8 Å². The first-order chi connectivity index (χ1) is 13.9. The van der Waals surface area contributed by atoms with Crippen molar-refractivity contribution in [2.45, 2.75) is 25.5 Å².